The summed E-state index contributed by atoms with van der Waals surface area (Å²) in [5.74, 6) is 0.803. The van der Waals surface area contributed by atoms with E-state index in [4.69, 9.17) is 30.5 Å². The first-order valence-electron chi connectivity index (χ1n) is 9.07. The molecule has 0 aromatic heterocycles. The number of amides is 1. The lowest BCUT2D eigenvalue weighted by Crippen LogP contribution is -2.39. The Morgan fingerprint density at radius 2 is 1.62 bits per heavy atom. The van der Waals surface area contributed by atoms with Crippen molar-refractivity contribution >= 4 is 39.4 Å². The van der Waals surface area contributed by atoms with Gasteiger partial charge >= 0.3 is 0 Å². The summed E-state index contributed by atoms with van der Waals surface area (Å²) in [6.45, 7) is -0.540. The summed E-state index contributed by atoms with van der Waals surface area (Å²) < 4.78 is 46.5. The van der Waals surface area contributed by atoms with Crippen LogP contribution in [0.1, 0.15) is 5.56 Å². The maximum atomic E-state index is 12.4. The van der Waals surface area contributed by atoms with Gasteiger partial charge in [-0.2, -0.15) is 5.10 Å². The Balaban J connectivity index is 2.22. The molecule has 0 radical (unpaired) electrons. The van der Waals surface area contributed by atoms with Crippen LogP contribution < -0.4 is 28.7 Å². The van der Waals surface area contributed by atoms with Crippen molar-refractivity contribution in [3.8, 4) is 23.0 Å². The molecular weight excluding hydrogens is 462 g/mol. The molecule has 2 rings (SSSR count). The first-order valence-corrected chi connectivity index (χ1v) is 11.3. The van der Waals surface area contributed by atoms with Gasteiger partial charge in [-0.25, -0.2) is 13.8 Å². The number of methoxy groups -OCH3 is 4. The van der Waals surface area contributed by atoms with E-state index in [-0.39, 0.29) is 16.5 Å². The highest BCUT2D eigenvalue weighted by Gasteiger charge is 2.24. The Kier molecular flexibility index (Phi) is 8.56. The average molecular weight is 486 g/mol. The lowest BCUT2D eigenvalue weighted by Gasteiger charge is -2.23. The molecular formula is C20H24ClN3O7S. The summed E-state index contributed by atoms with van der Waals surface area (Å²) in [5.41, 5.74) is 2.98. The molecule has 1 N–H and O–H groups in total. The normalized spacial score (nSPS) is 11.2. The Hall–Kier alpha value is -3.18. The smallest absolute Gasteiger partial charge is 0.260 e. The second-order valence-corrected chi connectivity index (χ2v) is 8.68. The van der Waals surface area contributed by atoms with Gasteiger partial charge in [0.05, 0.1) is 46.6 Å². The molecule has 0 atom stereocenters. The average Bonchev–Trinajstić information content (AvgIpc) is 2.75. The van der Waals surface area contributed by atoms with Crippen LogP contribution >= 0.6 is 11.6 Å². The van der Waals surface area contributed by atoms with Crippen LogP contribution in [0.2, 0.25) is 5.02 Å². The van der Waals surface area contributed by atoms with E-state index in [1.54, 1.807) is 18.2 Å². The van der Waals surface area contributed by atoms with Gasteiger partial charge in [-0.1, -0.05) is 11.6 Å². The van der Waals surface area contributed by atoms with E-state index in [0.717, 1.165) is 10.6 Å². The van der Waals surface area contributed by atoms with Crippen molar-refractivity contribution in [1.82, 2.24) is 5.43 Å². The van der Waals surface area contributed by atoms with E-state index in [2.05, 4.69) is 10.5 Å². The standard InChI is InChI=1S/C20H24ClN3O7S/c1-28-16-7-6-14(21)10-15(16)24(32(5,26)27)12-19(25)23-22-11-13-8-17(29-2)20(31-4)18(9-13)30-3/h6-11H,12H2,1-5H3,(H,23,25)/b22-11-. The van der Waals surface area contributed by atoms with Crippen LogP contribution in [-0.2, 0) is 14.8 Å². The zero-order valence-electron chi connectivity index (χ0n) is 18.2. The van der Waals surface area contributed by atoms with Crippen molar-refractivity contribution in [1.29, 1.82) is 0 Å². The van der Waals surface area contributed by atoms with E-state index < -0.39 is 22.5 Å². The maximum absolute atomic E-state index is 12.4. The highest BCUT2D eigenvalue weighted by molar-refractivity contribution is 7.92. The van der Waals surface area contributed by atoms with Crippen LogP contribution in [0, 0.1) is 0 Å². The second kappa shape index (κ2) is 10.9. The SMILES string of the molecule is COc1ccc(Cl)cc1N(CC(=O)N/N=C\c1cc(OC)c(OC)c(OC)c1)S(C)(=O)=O. The molecule has 0 fully saturated rings. The van der Waals surface area contributed by atoms with Crippen LogP contribution in [-0.4, -0.2) is 61.8 Å². The first-order chi connectivity index (χ1) is 15.1. The summed E-state index contributed by atoms with van der Waals surface area (Å²) >= 11 is 6.00. The molecule has 2 aromatic carbocycles. The van der Waals surface area contributed by atoms with Crippen LogP contribution in [0.5, 0.6) is 23.0 Å². The molecule has 10 nitrogen and oxygen atoms in total. The molecule has 1 amide bonds. The quantitative estimate of drug-likeness (QED) is 0.405. The number of nitrogens with zero attached hydrogens (tertiary/aromatic N) is 2. The fraction of sp³-hybridized carbons (Fsp3) is 0.300. The number of nitrogens with one attached hydrogen (secondary N) is 1. The van der Waals surface area contributed by atoms with Gasteiger partial charge in [0.25, 0.3) is 5.91 Å². The van der Waals surface area contributed by atoms with Crippen molar-refractivity contribution in [3.05, 3.63) is 40.9 Å². The summed E-state index contributed by atoms with van der Waals surface area (Å²) in [6.07, 6.45) is 2.33. The number of hydrogen-bond acceptors (Lipinski definition) is 8. The monoisotopic (exact) mass is 485 g/mol. The van der Waals surface area contributed by atoms with Gasteiger partial charge in [0.2, 0.25) is 15.8 Å². The minimum atomic E-state index is -3.83. The number of hydrazone groups is 1. The zero-order valence-corrected chi connectivity index (χ0v) is 19.8. The van der Waals surface area contributed by atoms with Gasteiger partial charge in [-0.15, -0.1) is 0 Å². The van der Waals surface area contributed by atoms with Crippen LogP contribution in [0.25, 0.3) is 0 Å². The third kappa shape index (κ3) is 6.17. The van der Waals surface area contributed by atoms with E-state index in [1.807, 2.05) is 0 Å². The van der Waals surface area contributed by atoms with Gasteiger partial charge in [-0.3, -0.25) is 9.10 Å². The largest absolute Gasteiger partial charge is 0.495 e. The van der Waals surface area contributed by atoms with Crippen LogP contribution in [0.3, 0.4) is 0 Å². The van der Waals surface area contributed by atoms with Crippen molar-refractivity contribution in [2.24, 2.45) is 5.10 Å². The van der Waals surface area contributed by atoms with E-state index >= 15 is 0 Å². The van der Waals surface area contributed by atoms with Crippen molar-refractivity contribution in [2.45, 2.75) is 0 Å². The Bertz CT molecular complexity index is 1080. The molecule has 0 saturated heterocycles. The van der Waals surface area contributed by atoms with Gasteiger partial charge in [0.1, 0.15) is 12.3 Å². The predicted molar refractivity (Wildman–Crippen MR) is 122 cm³/mol. The molecule has 0 heterocycles. The number of anilines is 1. The molecule has 0 aliphatic rings. The molecule has 174 valence electrons. The maximum Gasteiger partial charge on any atom is 0.260 e. The van der Waals surface area contributed by atoms with E-state index in [9.17, 15) is 13.2 Å². The number of ether oxygens (including phenoxy) is 4. The van der Waals surface area contributed by atoms with Gasteiger partial charge < -0.3 is 18.9 Å². The summed E-state index contributed by atoms with van der Waals surface area (Å²) in [7, 11) is 1.99. The highest BCUT2D eigenvalue weighted by atomic mass is 35.5. The van der Waals surface area contributed by atoms with E-state index in [0.29, 0.717) is 22.8 Å². The molecule has 12 heteroatoms. The lowest BCUT2D eigenvalue weighted by molar-refractivity contribution is -0.119. The number of sulfonamides is 1. The summed E-state index contributed by atoms with van der Waals surface area (Å²) in [6, 6.07) is 7.73. The van der Waals surface area contributed by atoms with Crippen molar-refractivity contribution in [2.75, 3.05) is 45.5 Å². The predicted octanol–water partition coefficient (Wildman–Crippen LogP) is 2.29. The Labute approximate surface area is 191 Å². The second-order valence-electron chi connectivity index (χ2n) is 6.34. The molecule has 32 heavy (non-hydrogen) atoms. The molecule has 0 spiro atoms. The third-order valence-corrected chi connectivity index (χ3v) is 5.55. The molecule has 2 aromatic rings. The topological polar surface area (TPSA) is 116 Å². The number of benzene rings is 2. The molecule has 0 bridgehead atoms. The zero-order chi connectivity index (χ0) is 23.9. The summed E-state index contributed by atoms with van der Waals surface area (Å²) in [4.78, 5) is 12.4. The molecule has 0 aliphatic carbocycles. The highest BCUT2D eigenvalue weighted by Crippen LogP contribution is 2.37. The minimum absolute atomic E-state index is 0.131. The lowest BCUT2D eigenvalue weighted by atomic mass is 10.2. The number of halogens is 1. The van der Waals surface area contributed by atoms with Gasteiger partial charge in [-0.05, 0) is 30.3 Å². The van der Waals surface area contributed by atoms with Crippen LogP contribution in [0.15, 0.2) is 35.4 Å². The number of hydrogen-bond donors (Lipinski definition) is 1. The van der Waals surface area contributed by atoms with E-state index in [1.165, 1.54) is 46.8 Å². The van der Waals surface area contributed by atoms with Crippen molar-refractivity contribution < 1.29 is 32.2 Å². The fourth-order valence-corrected chi connectivity index (χ4v) is 3.78. The number of carbonyl (C=O) groups excluding carboxylic acids is 1. The first kappa shape index (κ1) is 25.1. The molecule has 0 unspecified atom stereocenters. The molecule has 0 aliphatic heterocycles. The molecule has 0 saturated carbocycles. The van der Waals surface area contributed by atoms with Gasteiger partial charge in [0.15, 0.2) is 11.5 Å². The summed E-state index contributed by atoms with van der Waals surface area (Å²) in [5, 5.41) is 4.17. The number of rotatable bonds is 10. The fourth-order valence-electron chi connectivity index (χ4n) is 2.76. The van der Waals surface area contributed by atoms with Gasteiger partial charge in [0, 0.05) is 10.6 Å². The third-order valence-electron chi connectivity index (χ3n) is 4.19. The Morgan fingerprint density at radius 3 is 2.12 bits per heavy atom. The van der Waals surface area contributed by atoms with Crippen LogP contribution in [0.4, 0.5) is 5.69 Å². The van der Waals surface area contributed by atoms with Crippen molar-refractivity contribution in [3.63, 3.8) is 0 Å². The Morgan fingerprint density at radius 1 is 1.03 bits per heavy atom. The number of carbonyl (C=O) groups is 1. The minimum Gasteiger partial charge on any atom is -0.495 e.